The Morgan fingerprint density at radius 1 is 1.29 bits per heavy atom. The highest BCUT2D eigenvalue weighted by Gasteiger charge is 2.04. The molecule has 0 aliphatic rings. The van der Waals surface area contributed by atoms with E-state index >= 15 is 0 Å². The van der Waals surface area contributed by atoms with Gasteiger partial charge in [0.1, 0.15) is 0 Å². The molecule has 0 fully saturated rings. The summed E-state index contributed by atoms with van der Waals surface area (Å²) in [5, 5.41) is 13.6. The molecule has 1 aromatic carbocycles. The van der Waals surface area contributed by atoms with E-state index in [0.29, 0.717) is 18.7 Å². The Balaban J connectivity index is 2.30. The van der Waals surface area contributed by atoms with Crippen LogP contribution in [-0.2, 0) is 4.79 Å². The van der Waals surface area contributed by atoms with Gasteiger partial charge in [-0.15, -0.1) is 0 Å². The number of carboxylic acids is 1. The highest BCUT2D eigenvalue weighted by atomic mass is 79.9. The number of rotatable bonds is 5. The molecule has 17 heavy (non-hydrogen) atoms. The van der Waals surface area contributed by atoms with Crippen LogP contribution in [0.15, 0.2) is 28.7 Å². The molecule has 0 atom stereocenters. The largest absolute Gasteiger partial charge is 0.481 e. The number of amides is 2. The number of aliphatic carboxylic acids is 1. The normalized spacial score (nSPS) is 9.71. The molecule has 5 nitrogen and oxygen atoms in total. The van der Waals surface area contributed by atoms with E-state index in [2.05, 4.69) is 26.6 Å². The lowest BCUT2D eigenvalue weighted by molar-refractivity contribution is -0.137. The molecule has 0 saturated carbocycles. The van der Waals surface area contributed by atoms with Crippen molar-refractivity contribution in [1.29, 1.82) is 0 Å². The summed E-state index contributed by atoms with van der Waals surface area (Å²) in [5.41, 5.74) is 0.670. The second kappa shape index (κ2) is 6.90. The molecule has 0 aliphatic carbocycles. The number of halogens is 1. The van der Waals surface area contributed by atoms with Gasteiger partial charge in [-0.25, -0.2) is 4.79 Å². The molecule has 6 heteroatoms. The van der Waals surface area contributed by atoms with Gasteiger partial charge in [0.05, 0.1) is 5.69 Å². The minimum absolute atomic E-state index is 0.0509. The van der Waals surface area contributed by atoms with Gasteiger partial charge in [0.2, 0.25) is 0 Å². The number of benzene rings is 1. The van der Waals surface area contributed by atoms with E-state index < -0.39 is 5.97 Å². The summed E-state index contributed by atoms with van der Waals surface area (Å²) < 4.78 is 0.792. The lowest BCUT2D eigenvalue weighted by atomic mass is 10.3. The third kappa shape index (κ3) is 5.35. The first kappa shape index (κ1) is 13.5. The van der Waals surface area contributed by atoms with Crippen LogP contribution in [0.4, 0.5) is 10.5 Å². The van der Waals surface area contributed by atoms with Crippen LogP contribution >= 0.6 is 15.9 Å². The first-order valence-electron chi connectivity index (χ1n) is 5.11. The molecule has 0 saturated heterocycles. The van der Waals surface area contributed by atoms with Crippen molar-refractivity contribution in [2.24, 2.45) is 0 Å². The van der Waals surface area contributed by atoms with Gasteiger partial charge in [-0.2, -0.15) is 0 Å². The Bertz CT molecular complexity index is 409. The molecule has 1 rings (SSSR count). The predicted molar refractivity (Wildman–Crippen MR) is 68.0 cm³/mol. The molecule has 0 aromatic heterocycles. The highest BCUT2D eigenvalue weighted by molar-refractivity contribution is 9.10. The van der Waals surface area contributed by atoms with Crippen LogP contribution in [0.2, 0.25) is 0 Å². The summed E-state index contributed by atoms with van der Waals surface area (Å²) in [5.74, 6) is -0.863. The van der Waals surface area contributed by atoms with E-state index in [1.54, 1.807) is 6.07 Å². The van der Waals surface area contributed by atoms with Crippen molar-refractivity contribution < 1.29 is 14.7 Å². The molecule has 0 radical (unpaired) electrons. The number of hydrogen-bond donors (Lipinski definition) is 3. The van der Waals surface area contributed by atoms with Crippen LogP contribution in [0.25, 0.3) is 0 Å². The molecule has 1 aromatic rings. The Morgan fingerprint density at radius 2 is 2.00 bits per heavy atom. The minimum Gasteiger partial charge on any atom is -0.481 e. The highest BCUT2D eigenvalue weighted by Crippen LogP contribution is 2.20. The monoisotopic (exact) mass is 300 g/mol. The summed E-state index contributed by atoms with van der Waals surface area (Å²) >= 11 is 3.31. The van der Waals surface area contributed by atoms with Gasteiger partial charge < -0.3 is 15.7 Å². The summed E-state index contributed by atoms with van der Waals surface area (Å²) in [6.45, 7) is 0.336. The second-order valence-electron chi connectivity index (χ2n) is 3.36. The second-order valence-corrected chi connectivity index (χ2v) is 4.21. The van der Waals surface area contributed by atoms with E-state index in [0.717, 1.165) is 4.47 Å². The van der Waals surface area contributed by atoms with E-state index in [1.807, 2.05) is 18.2 Å². The van der Waals surface area contributed by atoms with Crippen LogP contribution in [0.3, 0.4) is 0 Å². The molecular formula is C11H13BrN2O3. The summed E-state index contributed by atoms with van der Waals surface area (Å²) in [6, 6.07) is 6.90. The average Bonchev–Trinajstić information content (AvgIpc) is 2.27. The fourth-order valence-corrected chi connectivity index (χ4v) is 1.55. The third-order valence-electron chi connectivity index (χ3n) is 1.98. The van der Waals surface area contributed by atoms with Crippen molar-refractivity contribution in [2.75, 3.05) is 11.9 Å². The van der Waals surface area contributed by atoms with Crippen LogP contribution in [0.5, 0.6) is 0 Å². The minimum atomic E-state index is -0.863. The molecule has 0 unspecified atom stereocenters. The molecule has 0 heterocycles. The van der Waals surface area contributed by atoms with Crippen molar-refractivity contribution in [1.82, 2.24) is 5.32 Å². The number of carbonyl (C=O) groups excluding carboxylic acids is 1. The molecule has 3 N–H and O–H groups in total. The zero-order valence-electron chi connectivity index (χ0n) is 9.07. The number of para-hydroxylation sites is 1. The van der Waals surface area contributed by atoms with Crippen LogP contribution in [-0.4, -0.2) is 23.7 Å². The standard InChI is InChI=1S/C11H13BrN2O3/c12-8-4-1-2-5-9(8)14-11(17)13-7-3-6-10(15)16/h1-2,4-5H,3,6-7H2,(H,15,16)(H2,13,14,17). The van der Waals surface area contributed by atoms with Gasteiger partial charge in [0.25, 0.3) is 0 Å². The fourth-order valence-electron chi connectivity index (χ4n) is 1.17. The topological polar surface area (TPSA) is 78.4 Å². The van der Waals surface area contributed by atoms with Gasteiger partial charge in [0.15, 0.2) is 0 Å². The Labute approximate surface area is 107 Å². The van der Waals surface area contributed by atoms with Crippen molar-refractivity contribution >= 4 is 33.6 Å². The molecule has 0 bridgehead atoms. The van der Waals surface area contributed by atoms with Crippen LogP contribution < -0.4 is 10.6 Å². The van der Waals surface area contributed by atoms with Gasteiger partial charge in [-0.05, 0) is 34.5 Å². The lowest BCUT2D eigenvalue weighted by Gasteiger charge is -2.08. The maximum absolute atomic E-state index is 11.4. The Morgan fingerprint density at radius 3 is 2.65 bits per heavy atom. The Kier molecular flexibility index (Phi) is 5.48. The van der Waals surface area contributed by atoms with Crippen molar-refractivity contribution in [3.8, 4) is 0 Å². The van der Waals surface area contributed by atoms with E-state index in [9.17, 15) is 9.59 Å². The summed E-state index contributed by atoms with van der Waals surface area (Å²) in [7, 11) is 0. The SMILES string of the molecule is O=C(O)CCCNC(=O)Nc1ccccc1Br. The van der Waals surface area contributed by atoms with Crippen molar-refractivity contribution in [3.63, 3.8) is 0 Å². The number of carboxylic acid groups (broad SMARTS) is 1. The molecule has 0 spiro atoms. The molecule has 0 aliphatic heterocycles. The maximum Gasteiger partial charge on any atom is 0.319 e. The predicted octanol–water partition coefficient (Wildman–Crippen LogP) is 2.44. The third-order valence-corrected chi connectivity index (χ3v) is 2.67. The first-order chi connectivity index (χ1) is 8.09. The molecular weight excluding hydrogens is 288 g/mol. The van der Waals surface area contributed by atoms with Crippen LogP contribution in [0, 0.1) is 0 Å². The fraction of sp³-hybridized carbons (Fsp3) is 0.273. The number of anilines is 1. The number of nitrogens with one attached hydrogen (secondary N) is 2. The van der Waals surface area contributed by atoms with Gasteiger partial charge >= 0.3 is 12.0 Å². The van der Waals surface area contributed by atoms with Crippen molar-refractivity contribution in [2.45, 2.75) is 12.8 Å². The summed E-state index contributed by atoms with van der Waals surface area (Å²) in [6.07, 6.45) is 0.466. The number of hydrogen-bond acceptors (Lipinski definition) is 2. The average molecular weight is 301 g/mol. The zero-order chi connectivity index (χ0) is 12.7. The van der Waals surface area contributed by atoms with E-state index in [-0.39, 0.29) is 12.5 Å². The van der Waals surface area contributed by atoms with Gasteiger partial charge in [0, 0.05) is 17.4 Å². The first-order valence-corrected chi connectivity index (χ1v) is 5.90. The lowest BCUT2D eigenvalue weighted by Crippen LogP contribution is -2.29. The van der Waals surface area contributed by atoms with Gasteiger partial charge in [-0.3, -0.25) is 4.79 Å². The van der Waals surface area contributed by atoms with E-state index in [1.165, 1.54) is 0 Å². The maximum atomic E-state index is 11.4. The van der Waals surface area contributed by atoms with Crippen molar-refractivity contribution in [3.05, 3.63) is 28.7 Å². The smallest absolute Gasteiger partial charge is 0.319 e. The molecule has 92 valence electrons. The quantitative estimate of drug-likeness (QED) is 0.731. The number of carbonyl (C=O) groups is 2. The number of urea groups is 1. The van der Waals surface area contributed by atoms with Gasteiger partial charge in [-0.1, -0.05) is 12.1 Å². The summed E-state index contributed by atoms with van der Waals surface area (Å²) in [4.78, 5) is 21.7. The Hall–Kier alpha value is -1.56. The zero-order valence-corrected chi connectivity index (χ0v) is 10.7. The molecule has 2 amide bonds. The van der Waals surface area contributed by atoms with Crippen LogP contribution in [0.1, 0.15) is 12.8 Å². The van der Waals surface area contributed by atoms with E-state index in [4.69, 9.17) is 5.11 Å².